The van der Waals surface area contributed by atoms with Gasteiger partial charge in [-0.2, -0.15) is 12.6 Å². The zero-order chi connectivity index (χ0) is 11.4. The first-order chi connectivity index (χ1) is 7.31. The first-order valence-corrected chi connectivity index (χ1v) is 5.83. The normalized spacial score (nSPS) is 10.5. The fourth-order valence-corrected chi connectivity index (χ4v) is 1.26. The molecule has 0 amide bonds. The minimum Gasteiger partial charge on any atom is -0.394 e. The lowest BCUT2D eigenvalue weighted by Crippen LogP contribution is -2.08. The molecule has 0 spiro atoms. The Morgan fingerprint density at radius 2 is 1.73 bits per heavy atom. The van der Waals surface area contributed by atoms with E-state index in [9.17, 15) is 4.79 Å². The molecule has 0 aromatic carbocycles. The Morgan fingerprint density at radius 3 is 2.33 bits per heavy atom. The summed E-state index contributed by atoms with van der Waals surface area (Å²) in [4.78, 5) is 11.1. The average molecular weight is 236 g/mol. The summed E-state index contributed by atoms with van der Waals surface area (Å²) in [5.41, 5.74) is 0. The van der Waals surface area contributed by atoms with Crippen molar-refractivity contribution < 1.29 is 19.4 Å². The van der Waals surface area contributed by atoms with Crippen LogP contribution >= 0.6 is 12.6 Å². The van der Waals surface area contributed by atoms with Gasteiger partial charge in [-0.25, -0.2) is 0 Å². The number of thiol groups is 1. The Balaban J connectivity index is 3.01. The zero-order valence-corrected chi connectivity index (χ0v) is 9.88. The summed E-state index contributed by atoms with van der Waals surface area (Å²) in [6, 6.07) is 0. The Labute approximate surface area is 96.4 Å². The zero-order valence-electron chi connectivity index (χ0n) is 8.98. The van der Waals surface area contributed by atoms with Gasteiger partial charge in [0.2, 0.25) is 0 Å². The molecule has 0 radical (unpaired) electrons. The van der Waals surface area contributed by atoms with Crippen LogP contribution in [0.4, 0.5) is 0 Å². The molecule has 0 bridgehead atoms. The summed E-state index contributed by atoms with van der Waals surface area (Å²) in [7, 11) is 0. The number of rotatable bonds is 11. The maximum absolute atomic E-state index is 11.1. The van der Waals surface area contributed by atoms with Crippen LogP contribution in [0.5, 0.6) is 0 Å². The third kappa shape index (κ3) is 11.8. The summed E-state index contributed by atoms with van der Waals surface area (Å²) in [6.07, 6.45) is 1.87. The molecule has 1 N–H and O–H groups in total. The van der Waals surface area contributed by atoms with Gasteiger partial charge in [0.25, 0.3) is 0 Å². The smallest absolute Gasteiger partial charge is 0.133 e. The average Bonchev–Trinajstić information content (AvgIpc) is 2.22. The highest BCUT2D eigenvalue weighted by atomic mass is 32.1. The van der Waals surface area contributed by atoms with Crippen molar-refractivity contribution >= 4 is 18.4 Å². The van der Waals surface area contributed by atoms with E-state index in [1.807, 2.05) is 0 Å². The number of carbonyl (C=O) groups excluding carboxylic acids is 1. The molecule has 0 aliphatic heterocycles. The minimum absolute atomic E-state index is 0.0399. The first-order valence-electron chi connectivity index (χ1n) is 5.20. The van der Waals surface area contributed by atoms with Crippen molar-refractivity contribution in [1.82, 2.24) is 0 Å². The number of aliphatic hydroxyl groups excluding tert-OH is 1. The summed E-state index contributed by atoms with van der Waals surface area (Å²) < 4.78 is 10.2. The quantitative estimate of drug-likeness (QED) is 0.409. The largest absolute Gasteiger partial charge is 0.394 e. The molecular weight excluding hydrogens is 216 g/mol. The van der Waals surface area contributed by atoms with Crippen LogP contribution in [0.15, 0.2) is 0 Å². The van der Waals surface area contributed by atoms with E-state index >= 15 is 0 Å². The number of ether oxygens (including phenoxy) is 2. The lowest BCUT2D eigenvalue weighted by Gasteiger charge is -2.04. The molecule has 0 saturated heterocycles. The number of Topliss-reactive ketones (excluding diaryl/α,β-unsaturated/α-hetero) is 1. The Hall–Kier alpha value is -0.100. The second-order valence-corrected chi connectivity index (χ2v) is 3.51. The predicted molar refractivity (Wildman–Crippen MR) is 61.4 cm³/mol. The maximum Gasteiger partial charge on any atom is 0.133 e. The fraction of sp³-hybridized carbons (Fsp3) is 0.900. The van der Waals surface area contributed by atoms with Crippen LogP contribution in [0.1, 0.15) is 19.3 Å². The van der Waals surface area contributed by atoms with Gasteiger partial charge in [-0.1, -0.05) is 0 Å². The predicted octanol–water partition coefficient (Wildman–Crippen LogP) is 0.681. The van der Waals surface area contributed by atoms with E-state index < -0.39 is 0 Å². The van der Waals surface area contributed by atoms with Crippen LogP contribution < -0.4 is 0 Å². The maximum atomic E-state index is 11.1. The summed E-state index contributed by atoms with van der Waals surface area (Å²) in [6.45, 7) is 1.98. The van der Waals surface area contributed by atoms with E-state index in [2.05, 4.69) is 12.6 Å². The minimum atomic E-state index is 0.0399. The second kappa shape index (κ2) is 12.0. The Morgan fingerprint density at radius 1 is 1.07 bits per heavy atom. The van der Waals surface area contributed by atoms with Crippen molar-refractivity contribution in [1.29, 1.82) is 0 Å². The van der Waals surface area contributed by atoms with E-state index in [4.69, 9.17) is 14.6 Å². The van der Waals surface area contributed by atoms with Crippen molar-refractivity contribution in [2.75, 3.05) is 38.8 Å². The van der Waals surface area contributed by atoms with Gasteiger partial charge in [0, 0.05) is 19.4 Å². The Bertz CT molecular complexity index is 152. The third-order valence-corrected chi connectivity index (χ3v) is 1.97. The van der Waals surface area contributed by atoms with E-state index in [1.54, 1.807) is 0 Å². The van der Waals surface area contributed by atoms with Crippen LogP contribution in [0.25, 0.3) is 0 Å². The van der Waals surface area contributed by atoms with E-state index in [0.717, 1.165) is 6.42 Å². The van der Waals surface area contributed by atoms with Crippen LogP contribution in [-0.4, -0.2) is 49.7 Å². The molecule has 5 heteroatoms. The van der Waals surface area contributed by atoms with Gasteiger partial charge < -0.3 is 14.6 Å². The molecule has 0 aliphatic rings. The third-order valence-electron chi connectivity index (χ3n) is 1.74. The van der Waals surface area contributed by atoms with Gasteiger partial charge in [-0.3, -0.25) is 4.79 Å². The number of carbonyl (C=O) groups is 1. The standard InChI is InChI=1S/C10H20O4S/c11-4-6-14-8-7-13-5-1-2-10(12)3-9-15/h11,15H,1-9H2. The molecule has 0 unspecified atom stereocenters. The molecule has 90 valence electrons. The van der Waals surface area contributed by atoms with Crippen molar-refractivity contribution in [2.45, 2.75) is 19.3 Å². The monoisotopic (exact) mass is 236 g/mol. The van der Waals surface area contributed by atoms with Gasteiger partial charge in [0.05, 0.1) is 26.4 Å². The van der Waals surface area contributed by atoms with Crippen LogP contribution in [-0.2, 0) is 14.3 Å². The Kier molecular flexibility index (Phi) is 11.9. The molecule has 0 fully saturated rings. The summed E-state index contributed by atoms with van der Waals surface area (Å²) >= 11 is 3.98. The van der Waals surface area contributed by atoms with Gasteiger partial charge in [-0.15, -0.1) is 0 Å². The molecule has 0 saturated carbocycles. The first kappa shape index (κ1) is 14.9. The molecule has 0 rings (SSSR count). The molecular formula is C10H20O4S. The van der Waals surface area contributed by atoms with Gasteiger partial charge in [0.15, 0.2) is 0 Å². The van der Waals surface area contributed by atoms with Crippen molar-refractivity contribution in [2.24, 2.45) is 0 Å². The number of ketones is 1. The van der Waals surface area contributed by atoms with Crippen molar-refractivity contribution in [3.63, 3.8) is 0 Å². The lowest BCUT2D eigenvalue weighted by molar-refractivity contribution is -0.119. The molecule has 0 aromatic rings. The molecule has 15 heavy (non-hydrogen) atoms. The second-order valence-electron chi connectivity index (χ2n) is 3.06. The van der Waals surface area contributed by atoms with Crippen LogP contribution in [0.2, 0.25) is 0 Å². The van der Waals surface area contributed by atoms with E-state index in [0.29, 0.717) is 45.0 Å². The molecule has 0 atom stereocenters. The highest BCUT2D eigenvalue weighted by Crippen LogP contribution is 1.97. The highest BCUT2D eigenvalue weighted by Gasteiger charge is 1.99. The van der Waals surface area contributed by atoms with E-state index in [-0.39, 0.29) is 12.4 Å². The molecule has 0 heterocycles. The highest BCUT2D eigenvalue weighted by molar-refractivity contribution is 7.80. The molecule has 0 aliphatic carbocycles. The lowest BCUT2D eigenvalue weighted by atomic mass is 10.2. The molecule has 0 aromatic heterocycles. The van der Waals surface area contributed by atoms with Gasteiger partial charge >= 0.3 is 0 Å². The van der Waals surface area contributed by atoms with Crippen molar-refractivity contribution in [3.05, 3.63) is 0 Å². The topological polar surface area (TPSA) is 55.8 Å². The van der Waals surface area contributed by atoms with Crippen LogP contribution in [0, 0.1) is 0 Å². The molecule has 4 nitrogen and oxygen atoms in total. The SMILES string of the molecule is O=C(CCS)CCCOCCOCCO. The summed E-state index contributed by atoms with van der Waals surface area (Å²) in [5, 5.41) is 8.41. The van der Waals surface area contributed by atoms with Crippen molar-refractivity contribution in [3.8, 4) is 0 Å². The van der Waals surface area contributed by atoms with Gasteiger partial charge in [0.1, 0.15) is 5.78 Å². The number of hydrogen-bond donors (Lipinski definition) is 2. The van der Waals surface area contributed by atoms with E-state index in [1.165, 1.54) is 0 Å². The number of aliphatic hydroxyl groups is 1. The summed E-state index contributed by atoms with van der Waals surface area (Å²) in [5.74, 6) is 0.861. The van der Waals surface area contributed by atoms with Gasteiger partial charge in [-0.05, 0) is 12.2 Å². The fourth-order valence-electron chi connectivity index (χ4n) is 1.01. The number of hydrogen-bond acceptors (Lipinski definition) is 5. The van der Waals surface area contributed by atoms with Crippen LogP contribution in [0.3, 0.4) is 0 Å².